The van der Waals surface area contributed by atoms with E-state index in [1.807, 2.05) is 12.1 Å². The third kappa shape index (κ3) is 3.92. The van der Waals surface area contributed by atoms with Crippen molar-refractivity contribution in [1.82, 2.24) is 15.2 Å². The van der Waals surface area contributed by atoms with E-state index < -0.39 is 12.0 Å². The normalized spacial score (nSPS) is 18.6. The number of aromatic nitrogens is 1. The van der Waals surface area contributed by atoms with Crippen LogP contribution < -0.4 is 5.32 Å². The summed E-state index contributed by atoms with van der Waals surface area (Å²) >= 11 is 0. The highest BCUT2D eigenvalue weighted by Gasteiger charge is 2.28. The van der Waals surface area contributed by atoms with Gasteiger partial charge in [0.25, 0.3) is 0 Å². The number of carboxylic acid groups (broad SMARTS) is 1. The molecule has 1 unspecified atom stereocenters. The van der Waals surface area contributed by atoms with Gasteiger partial charge in [-0.2, -0.15) is 0 Å². The van der Waals surface area contributed by atoms with Gasteiger partial charge in [0, 0.05) is 25.5 Å². The number of amides is 2. The number of nitrogens with one attached hydrogen (secondary N) is 1. The molecule has 1 aromatic rings. The summed E-state index contributed by atoms with van der Waals surface area (Å²) in [6.07, 6.45) is 3.20. The molecular weight excluding hydrogens is 262 g/mol. The number of carboxylic acids is 1. The molecule has 2 N–H and O–H groups in total. The zero-order chi connectivity index (χ0) is 14.4. The molecule has 0 bridgehead atoms. The average Bonchev–Trinajstić information content (AvgIpc) is 2.46. The molecule has 0 saturated carbocycles. The quantitative estimate of drug-likeness (QED) is 0.835. The smallest absolute Gasteiger partial charge is 0.318 e. The number of rotatable bonds is 4. The number of urea groups is 1. The molecule has 0 aliphatic carbocycles. The van der Waals surface area contributed by atoms with Gasteiger partial charge in [-0.25, -0.2) is 4.79 Å². The maximum absolute atomic E-state index is 12.1. The molecule has 1 saturated heterocycles. The molecular formula is C13H17N3O4. The van der Waals surface area contributed by atoms with Crippen LogP contribution in [0, 0.1) is 0 Å². The minimum Gasteiger partial charge on any atom is -0.481 e. The molecule has 2 rings (SSSR count). The molecule has 1 aliphatic rings. The standard InChI is InChI=1S/C13H17N3O4/c17-12(18)7-11-9-20-6-5-16(11)13(19)15-8-10-1-3-14-4-2-10/h1-4,11H,5-9H2,(H,15,19)(H,17,18). The number of carbonyl (C=O) groups excluding carboxylic acids is 1. The van der Waals surface area contributed by atoms with Crippen LogP contribution in [0.5, 0.6) is 0 Å². The second-order valence-electron chi connectivity index (χ2n) is 4.53. The van der Waals surface area contributed by atoms with Crippen LogP contribution >= 0.6 is 0 Å². The molecule has 7 heteroatoms. The highest BCUT2D eigenvalue weighted by Crippen LogP contribution is 2.11. The van der Waals surface area contributed by atoms with E-state index in [-0.39, 0.29) is 19.1 Å². The van der Waals surface area contributed by atoms with E-state index in [0.717, 1.165) is 5.56 Å². The Morgan fingerprint density at radius 2 is 2.20 bits per heavy atom. The van der Waals surface area contributed by atoms with Gasteiger partial charge in [-0.15, -0.1) is 0 Å². The van der Waals surface area contributed by atoms with E-state index in [9.17, 15) is 9.59 Å². The van der Waals surface area contributed by atoms with Crippen molar-refractivity contribution in [2.45, 2.75) is 19.0 Å². The second kappa shape index (κ2) is 6.85. The van der Waals surface area contributed by atoms with E-state index >= 15 is 0 Å². The van der Waals surface area contributed by atoms with Crippen molar-refractivity contribution in [3.8, 4) is 0 Å². The SMILES string of the molecule is O=C(O)CC1COCCN1C(=O)NCc1ccncc1. The molecule has 2 heterocycles. The molecule has 0 spiro atoms. The largest absolute Gasteiger partial charge is 0.481 e. The molecule has 108 valence electrons. The fourth-order valence-electron chi connectivity index (χ4n) is 2.07. The minimum absolute atomic E-state index is 0.108. The number of hydrogen-bond acceptors (Lipinski definition) is 4. The monoisotopic (exact) mass is 279 g/mol. The Labute approximate surface area is 116 Å². The number of ether oxygens (including phenoxy) is 1. The Morgan fingerprint density at radius 1 is 1.45 bits per heavy atom. The van der Waals surface area contributed by atoms with Crippen molar-refractivity contribution in [2.24, 2.45) is 0 Å². The van der Waals surface area contributed by atoms with Crippen molar-refractivity contribution >= 4 is 12.0 Å². The van der Waals surface area contributed by atoms with E-state index in [1.54, 1.807) is 12.4 Å². The summed E-state index contributed by atoms with van der Waals surface area (Å²) in [7, 11) is 0. The van der Waals surface area contributed by atoms with Gasteiger partial charge < -0.3 is 20.1 Å². The molecule has 0 aromatic carbocycles. The van der Waals surface area contributed by atoms with Crippen molar-refractivity contribution in [1.29, 1.82) is 0 Å². The lowest BCUT2D eigenvalue weighted by Crippen LogP contribution is -2.53. The third-order valence-corrected chi connectivity index (χ3v) is 3.09. The van der Waals surface area contributed by atoms with Crippen molar-refractivity contribution in [3.05, 3.63) is 30.1 Å². The summed E-state index contributed by atoms with van der Waals surface area (Å²) < 4.78 is 5.23. The zero-order valence-corrected chi connectivity index (χ0v) is 11.0. The van der Waals surface area contributed by atoms with Crippen LogP contribution in [0.25, 0.3) is 0 Å². The van der Waals surface area contributed by atoms with Crippen molar-refractivity contribution < 1.29 is 19.4 Å². The van der Waals surface area contributed by atoms with Crippen LogP contribution in [-0.2, 0) is 16.1 Å². The molecule has 0 radical (unpaired) electrons. The summed E-state index contributed by atoms with van der Waals surface area (Å²) in [5.41, 5.74) is 0.941. The first-order valence-electron chi connectivity index (χ1n) is 6.39. The topological polar surface area (TPSA) is 91.8 Å². The molecule has 7 nitrogen and oxygen atoms in total. The average molecular weight is 279 g/mol. The fraction of sp³-hybridized carbons (Fsp3) is 0.462. The van der Waals surface area contributed by atoms with Crippen LogP contribution in [0.15, 0.2) is 24.5 Å². The highest BCUT2D eigenvalue weighted by molar-refractivity contribution is 5.76. The van der Waals surface area contributed by atoms with E-state index in [1.165, 1.54) is 4.90 Å². The number of aliphatic carboxylic acids is 1. The fourth-order valence-corrected chi connectivity index (χ4v) is 2.07. The van der Waals surface area contributed by atoms with Crippen LogP contribution in [-0.4, -0.2) is 52.8 Å². The van der Waals surface area contributed by atoms with Gasteiger partial charge in [0.1, 0.15) is 0 Å². The molecule has 1 aromatic heterocycles. The number of nitrogens with zero attached hydrogens (tertiary/aromatic N) is 2. The number of morpholine rings is 1. The van der Waals surface area contributed by atoms with Gasteiger partial charge in [-0.05, 0) is 17.7 Å². The Kier molecular flexibility index (Phi) is 4.89. The lowest BCUT2D eigenvalue weighted by Gasteiger charge is -2.34. The number of hydrogen-bond donors (Lipinski definition) is 2. The summed E-state index contributed by atoms with van der Waals surface area (Å²) in [6.45, 7) is 1.48. The summed E-state index contributed by atoms with van der Waals surface area (Å²) in [6, 6.07) is 2.94. The molecule has 1 aliphatic heterocycles. The van der Waals surface area contributed by atoms with Gasteiger partial charge in [0.05, 0.1) is 25.7 Å². The van der Waals surface area contributed by atoms with Gasteiger partial charge in [-0.1, -0.05) is 0 Å². The lowest BCUT2D eigenvalue weighted by atomic mass is 10.1. The predicted octanol–water partition coefficient (Wildman–Crippen LogP) is 0.467. The summed E-state index contributed by atoms with van der Waals surface area (Å²) in [4.78, 5) is 28.3. The van der Waals surface area contributed by atoms with E-state index in [0.29, 0.717) is 19.7 Å². The highest BCUT2D eigenvalue weighted by atomic mass is 16.5. The maximum atomic E-state index is 12.1. The van der Waals surface area contributed by atoms with Gasteiger partial charge in [-0.3, -0.25) is 9.78 Å². The van der Waals surface area contributed by atoms with Crippen molar-refractivity contribution in [3.63, 3.8) is 0 Å². The van der Waals surface area contributed by atoms with E-state index in [2.05, 4.69) is 10.3 Å². The van der Waals surface area contributed by atoms with Gasteiger partial charge in [0.2, 0.25) is 0 Å². The van der Waals surface area contributed by atoms with Gasteiger partial charge in [0.15, 0.2) is 0 Å². The Morgan fingerprint density at radius 3 is 2.90 bits per heavy atom. The first-order chi connectivity index (χ1) is 9.66. The molecule has 1 fully saturated rings. The van der Waals surface area contributed by atoms with Crippen LogP contribution in [0.2, 0.25) is 0 Å². The summed E-state index contributed by atoms with van der Waals surface area (Å²) in [5.74, 6) is -0.938. The number of carbonyl (C=O) groups is 2. The first kappa shape index (κ1) is 14.3. The molecule has 20 heavy (non-hydrogen) atoms. The second-order valence-corrected chi connectivity index (χ2v) is 4.53. The van der Waals surface area contributed by atoms with Crippen molar-refractivity contribution in [2.75, 3.05) is 19.8 Å². The van der Waals surface area contributed by atoms with Gasteiger partial charge >= 0.3 is 12.0 Å². The Balaban J connectivity index is 1.90. The van der Waals surface area contributed by atoms with Crippen LogP contribution in [0.4, 0.5) is 4.79 Å². The maximum Gasteiger partial charge on any atom is 0.318 e. The minimum atomic E-state index is -0.938. The van der Waals surface area contributed by atoms with Crippen LogP contribution in [0.3, 0.4) is 0 Å². The summed E-state index contributed by atoms with van der Waals surface area (Å²) in [5, 5.41) is 11.6. The zero-order valence-electron chi connectivity index (χ0n) is 11.0. The predicted molar refractivity (Wildman–Crippen MR) is 70.0 cm³/mol. The lowest BCUT2D eigenvalue weighted by molar-refractivity contribution is -0.139. The molecule has 1 atom stereocenters. The van der Waals surface area contributed by atoms with E-state index in [4.69, 9.17) is 9.84 Å². The first-order valence-corrected chi connectivity index (χ1v) is 6.39. The number of pyridine rings is 1. The molecule has 2 amide bonds. The van der Waals surface area contributed by atoms with Crippen LogP contribution in [0.1, 0.15) is 12.0 Å². The Bertz CT molecular complexity index is 466. The Hall–Kier alpha value is -2.15. The third-order valence-electron chi connectivity index (χ3n) is 3.09.